The summed E-state index contributed by atoms with van der Waals surface area (Å²) < 4.78 is 55.5. The first-order chi connectivity index (χ1) is 11.4. The quantitative estimate of drug-likeness (QED) is 0.735. The fourth-order valence-corrected chi connectivity index (χ4v) is 1.86. The van der Waals surface area contributed by atoms with Crippen LogP contribution in [0.2, 0.25) is 0 Å². The molecule has 2 aromatic heterocycles. The van der Waals surface area contributed by atoms with Gasteiger partial charge < -0.3 is 9.84 Å². The molecule has 0 spiro atoms. The molecule has 24 heavy (non-hydrogen) atoms. The molecule has 0 radical (unpaired) electrons. The standard InChI is InChI=1S/C14H9F4N5O/c15-10-5-8(12-22-13(24-23-12)14(16,17)18)1-2-9(10)6-21-11-7-19-3-4-20-11/h1-5,7H,6H2,(H,20,21). The Morgan fingerprint density at radius 3 is 2.62 bits per heavy atom. The van der Waals surface area contributed by atoms with Crippen molar-refractivity contribution in [2.75, 3.05) is 5.32 Å². The molecule has 0 saturated carbocycles. The molecule has 0 aliphatic carbocycles. The van der Waals surface area contributed by atoms with Crippen molar-refractivity contribution in [1.29, 1.82) is 0 Å². The van der Waals surface area contributed by atoms with Crippen molar-refractivity contribution in [3.63, 3.8) is 0 Å². The predicted octanol–water partition coefficient (Wildman–Crippen LogP) is 3.30. The number of rotatable bonds is 4. The van der Waals surface area contributed by atoms with Gasteiger partial charge in [-0.25, -0.2) is 9.37 Å². The molecule has 0 saturated heterocycles. The summed E-state index contributed by atoms with van der Waals surface area (Å²) in [5, 5.41) is 6.08. The number of anilines is 1. The maximum atomic E-state index is 14.1. The lowest BCUT2D eigenvalue weighted by molar-refractivity contribution is -0.159. The summed E-state index contributed by atoms with van der Waals surface area (Å²) in [5.74, 6) is -1.97. The molecule has 2 heterocycles. The topological polar surface area (TPSA) is 76.7 Å². The minimum atomic E-state index is -4.75. The van der Waals surface area contributed by atoms with Crippen molar-refractivity contribution >= 4 is 5.82 Å². The van der Waals surface area contributed by atoms with Crippen LogP contribution in [0.4, 0.5) is 23.4 Å². The third kappa shape index (κ3) is 3.47. The van der Waals surface area contributed by atoms with Gasteiger partial charge in [-0.15, -0.1) is 0 Å². The van der Waals surface area contributed by atoms with Crippen LogP contribution in [-0.4, -0.2) is 20.1 Å². The van der Waals surface area contributed by atoms with Gasteiger partial charge >= 0.3 is 12.1 Å². The van der Waals surface area contributed by atoms with Crippen LogP contribution in [0.5, 0.6) is 0 Å². The molecule has 0 aliphatic heterocycles. The van der Waals surface area contributed by atoms with Crippen LogP contribution in [0.1, 0.15) is 11.5 Å². The lowest BCUT2D eigenvalue weighted by atomic mass is 10.1. The van der Waals surface area contributed by atoms with Crippen molar-refractivity contribution in [3.05, 3.63) is 54.1 Å². The summed E-state index contributed by atoms with van der Waals surface area (Å²) in [7, 11) is 0. The van der Waals surface area contributed by atoms with Gasteiger partial charge in [-0.2, -0.15) is 18.2 Å². The summed E-state index contributed by atoms with van der Waals surface area (Å²) >= 11 is 0. The smallest absolute Gasteiger partial charge is 0.365 e. The predicted molar refractivity (Wildman–Crippen MR) is 74.1 cm³/mol. The Bertz CT molecular complexity index is 835. The molecule has 124 valence electrons. The second-order valence-electron chi connectivity index (χ2n) is 4.67. The number of halogens is 4. The molecule has 1 aromatic carbocycles. The van der Waals surface area contributed by atoms with E-state index in [0.29, 0.717) is 11.4 Å². The van der Waals surface area contributed by atoms with Gasteiger partial charge in [0.05, 0.1) is 6.20 Å². The van der Waals surface area contributed by atoms with E-state index in [2.05, 4.69) is 29.9 Å². The first kappa shape index (κ1) is 15.8. The van der Waals surface area contributed by atoms with Crippen LogP contribution in [0.15, 0.2) is 41.3 Å². The summed E-state index contributed by atoms with van der Waals surface area (Å²) in [4.78, 5) is 11.0. The minimum Gasteiger partial charge on any atom is -0.365 e. The molecule has 0 aliphatic rings. The lowest BCUT2D eigenvalue weighted by Crippen LogP contribution is -2.05. The van der Waals surface area contributed by atoms with Crippen LogP contribution in [0.3, 0.4) is 0 Å². The fourth-order valence-electron chi connectivity index (χ4n) is 1.86. The average molecular weight is 339 g/mol. The molecule has 0 amide bonds. The van der Waals surface area contributed by atoms with Crippen LogP contribution in [-0.2, 0) is 12.7 Å². The van der Waals surface area contributed by atoms with E-state index in [1.165, 1.54) is 30.7 Å². The van der Waals surface area contributed by atoms with Gasteiger partial charge in [0, 0.05) is 30.1 Å². The highest BCUT2D eigenvalue weighted by Crippen LogP contribution is 2.29. The van der Waals surface area contributed by atoms with Gasteiger partial charge in [0.1, 0.15) is 11.6 Å². The Balaban J connectivity index is 1.76. The second-order valence-corrected chi connectivity index (χ2v) is 4.67. The maximum absolute atomic E-state index is 14.1. The molecular formula is C14H9F4N5O. The minimum absolute atomic E-state index is 0.0787. The molecule has 6 nitrogen and oxygen atoms in total. The number of alkyl halides is 3. The number of nitrogens with zero attached hydrogens (tertiary/aromatic N) is 4. The number of hydrogen-bond acceptors (Lipinski definition) is 6. The molecule has 0 atom stereocenters. The zero-order chi connectivity index (χ0) is 17.2. The van der Waals surface area contributed by atoms with E-state index in [4.69, 9.17) is 0 Å². The van der Waals surface area contributed by atoms with Crippen LogP contribution in [0, 0.1) is 5.82 Å². The highest BCUT2D eigenvalue weighted by molar-refractivity contribution is 5.55. The van der Waals surface area contributed by atoms with Crippen molar-refractivity contribution in [2.45, 2.75) is 12.7 Å². The second kappa shape index (κ2) is 6.22. The molecule has 0 unspecified atom stereocenters. The Labute approximate surface area is 132 Å². The summed E-state index contributed by atoms with van der Waals surface area (Å²) in [5.41, 5.74) is 0.374. The zero-order valence-electron chi connectivity index (χ0n) is 11.9. The highest BCUT2D eigenvalue weighted by atomic mass is 19.4. The summed E-state index contributed by atoms with van der Waals surface area (Å²) in [6.45, 7) is 0.130. The van der Waals surface area contributed by atoms with Crippen LogP contribution >= 0.6 is 0 Å². The summed E-state index contributed by atoms with van der Waals surface area (Å²) in [6.07, 6.45) is -0.286. The van der Waals surface area contributed by atoms with Gasteiger partial charge in [-0.05, 0) is 6.07 Å². The van der Waals surface area contributed by atoms with Crippen molar-refractivity contribution in [2.24, 2.45) is 0 Å². The Morgan fingerprint density at radius 1 is 1.17 bits per heavy atom. The highest BCUT2D eigenvalue weighted by Gasteiger charge is 2.38. The SMILES string of the molecule is Fc1cc(-c2noc(C(F)(F)F)n2)ccc1CNc1cnccn1. The number of benzene rings is 1. The first-order valence-electron chi connectivity index (χ1n) is 6.63. The van der Waals surface area contributed by atoms with E-state index in [1.54, 1.807) is 0 Å². The van der Waals surface area contributed by atoms with E-state index < -0.39 is 17.9 Å². The number of nitrogens with one attached hydrogen (secondary N) is 1. The van der Waals surface area contributed by atoms with Gasteiger partial charge in [0.2, 0.25) is 5.82 Å². The maximum Gasteiger partial charge on any atom is 0.471 e. The molecule has 1 N–H and O–H groups in total. The largest absolute Gasteiger partial charge is 0.471 e. The molecule has 10 heteroatoms. The monoisotopic (exact) mass is 339 g/mol. The van der Waals surface area contributed by atoms with Crippen molar-refractivity contribution in [1.82, 2.24) is 20.1 Å². The Hall–Kier alpha value is -3.04. The van der Waals surface area contributed by atoms with E-state index in [1.807, 2.05) is 0 Å². The Kier molecular flexibility index (Phi) is 4.11. The average Bonchev–Trinajstić information content (AvgIpc) is 3.05. The number of hydrogen-bond donors (Lipinski definition) is 1. The van der Waals surface area contributed by atoms with E-state index in [9.17, 15) is 17.6 Å². The summed E-state index contributed by atoms with van der Waals surface area (Å²) in [6, 6.07) is 3.86. The fraction of sp³-hybridized carbons (Fsp3) is 0.143. The zero-order valence-corrected chi connectivity index (χ0v) is 11.9. The lowest BCUT2D eigenvalue weighted by Gasteiger charge is -2.06. The Morgan fingerprint density at radius 2 is 2.00 bits per heavy atom. The van der Waals surface area contributed by atoms with E-state index in [0.717, 1.165) is 6.07 Å². The molecule has 3 rings (SSSR count). The van der Waals surface area contributed by atoms with Gasteiger partial charge in [0.15, 0.2) is 0 Å². The van der Waals surface area contributed by atoms with Gasteiger partial charge in [-0.3, -0.25) is 4.98 Å². The number of aromatic nitrogens is 4. The van der Waals surface area contributed by atoms with Crippen molar-refractivity contribution < 1.29 is 22.1 Å². The molecule has 0 bridgehead atoms. The molecular weight excluding hydrogens is 330 g/mol. The molecule has 3 aromatic rings. The third-order valence-electron chi connectivity index (χ3n) is 3.00. The normalized spacial score (nSPS) is 11.5. The first-order valence-corrected chi connectivity index (χ1v) is 6.63. The van der Waals surface area contributed by atoms with Crippen LogP contribution < -0.4 is 5.32 Å². The van der Waals surface area contributed by atoms with Gasteiger partial charge in [0.25, 0.3) is 0 Å². The van der Waals surface area contributed by atoms with Crippen molar-refractivity contribution in [3.8, 4) is 11.4 Å². The van der Waals surface area contributed by atoms with Crippen LogP contribution in [0.25, 0.3) is 11.4 Å². The third-order valence-corrected chi connectivity index (χ3v) is 3.00. The van der Waals surface area contributed by atoms with E-state index >= 15 is 0 Å². The van der Waals surface area contributed by atoms with E-state index in [-0.39, 0.29) is 17.9 Å². The molecule has 0 fully saturated rings. The van der Waals surface area contributed by atoms with Gasteiger partial charge in [-0.1, -0.05) is 17.3 Å².